The van der Waals surface area contributed by atoms with Crippen LogP contribution in [0.4, 0.5) is 0 Å². The SMILES string of the molecule is CCCCCCCCCCCCCC=C[C@H](O[Si](C)(C)C)[C@@H](CO[C@@H]1O[C@H](CO[Si](C)(C)C)[C@@H](O[Si](C)(C)C)[C@H](O[Si](C)(C)C)[C@H]1O[Si](C)(C)C)NC(=O)CCCCCCCCCCCCCCCCCCC. The lowest BCUT2D eigenvalue weighted by atomic mass is 9.99. The highest BCUT2D eigenvalue weighted by molar-refractivity contribution is 6.71. The molecule has 1 rings (SSSR count). The van der Waals surface area contributed by atoms with Gasteiger partial charge in [-0.15, -0.1) is 0 Å². The Bertz CT molecular complexity index is 1370. The molecular weight excluding hydrogens is 991 g/mol. The van der Waals surface area contributed by atoms with Gasteiger partial charge >= 0.3 is 0 Å². The first-order valence-electron chi connectivity index (χ1n) is 30.8. The standard InChI is InChI=1S/C59H125NO8Si5/c1-18-20-22-24-26-28-30-32-33-34-35-37-39-41-43-45-47-49-55(61)60-52(53(65-70(6,7)8)48-46-44-42-40-38-36-31-29-27-25-23-21-19-2)50-62-59-58(68-73(15,16)17)57(67-72(12,13)14)56(66-71(9,10)11)54(64-59)51-63-69(3,4)5/h46,48,52-54,56-59H,18-45,47,49-51H2,1-17H3,(H,60,61)/t52-,53+,54-,56-,57+,58-,59-/m1/s1. The largest absolute Gasteiger partial charge is 0.415 e. The predicted molar refractivity (Wildman–Crippen MR) is 328 cm³/mol. The molecule has 1 amide bonds. The lowest BCUT2D eigenvalue weighted by molar-refractivity contribution is -0.292. The number of ether oxygens (including phenoxy) is 2. The first-order valence-corrected chi connectivity index (χ1v) is 47.9. The van der Waals surface area contributed by atoms with Crippen molar-refractivity contribution in [2.45, 2.75) is 348 Å². The normalized spacial score (nSPS) is 20.3. The summed E-state index contributed by atoms with van der Waals surface area (Å²) in [6, 6.07) is -0.418. The third-order valence-electron chi connectivity index (χ3n) is 13.2. The van der Waals surface area contributed by atoms with Crippen molar-refractivity contribution in [1.29, 1.82) is 0 Å². The molecule has 1 saturated heterocycles. The number of nitrogens with one attached hydrogen (secondary N) is 1. The highest BCUT2D eigenvalue weighted by Crippen LogP contribution is 2.35. The summed E-state index contributed by atoms with van der Waals surface area (Å²) in [5, 5.41) is 3.47. The maximum absolute atomic E-state index is 14.1. The molecule has 1 N–H and O–H groups in total. The number of rotatable bonds is 47. The summed E-state index contributed by atoms with van der Waals surface area (Å²) in [5.74, 6) is 0.0573. The number of hydrogen-bond acceptors (Lipinski definition) is 8. The van der Waals surface area contributed by atoms with Crippen molar-refractivity contribution in [2.75, 3.05) is 13.2 Å². The molecule has 0 aromatic heterocycles. The maximum atomic E-state index is 14.1. The van der Waals surface area contributed by atoms with Crippen LogP contribution in [0.3, 0.4) is 0 Å². The summed E-state index contributed by atoms with van der Waals surface area (Å²) < 4.78 is 49.0. The molecule has 0 unspecified atom stereocenters. The van der Waals surface area contributed by atoms with Gasteiger partial charge in [-0.1, -0.05) is 193 Å². The van der Waals surface area contributed by atoms with Crippen LogP contribution in [0.15, 0.2) is 12.2 Å². The number of amides is 1. The average Bonchev–Trinajstić information content (AvgIpc) is 3.26. The van der Waals surface area contributed by atoms with Crippen molar-refractivity contribution in [3.05, 3.63) is 12.2 Å². The smallest absolute Gasteiger partial charge is 0.220 e. The maximum Gasteiger partial charge on any atom is 0.220 e. The van der Waals surface area contributed by atoms with Gasteiger partial charge in [-0.2, -0.15) is 0 Å². The van der Waals surface area contributed by atoms with Crippen LogP contribution in [-0.2, 0) is 36.4 Å². The van der Waals surface area contributed by atoms with E-state index in [1.807, 2.05) is 0 Å². The molecule has 0 aromatic carbocycles. The topological polar surface area (TPSA) is 93.7 Å². The molecule has 1 aliphatic heterocycles. The minimum Gasteiger partial charge on any atom is -0.415 e. The van der Waals surface area contributed by atoms with E-state index in [1.165, 1.54) is 161 Å². The number of hydrogen-bond donors (Lipinski definition) is 1. The number of carbonyl (C=O) groups excluding carboxylic acids is 1. The third-order valence-corrected chi connectivity index (χ3v) is 18.2. The molecule has 1 aliphatic rings. The van der Waals surface area contributed by atoms with Gasteiger partial charge in [0.2, 0.25) is 5.91 Å². The summed E-state index contributed by atoms with van der Waals surface area (Å²) in [4.78, 5) is 14.1. The van der Waals surface area contributed by atoms with Gasteiger partial charge in [-0.05, 0) is 117 Å². The number of allylic oxidation sites excluding steroid dienone is 1. The Morgan fingerprint density at radius 3 is 1.26 bits per heavy atom. The molecule has 0 aromatic rings. The van der Waals surface area contributed by atoms with E-state index in [9.17, 15) is 4.79 Å². The molecule has 0 bridgehead atoms. The van der Waals surface area contributed by atoms with Gasteiger partial charge in [-0.3, -0.25) is 4.79 Å². The molecule has 7 atom stereocenters. The molecule has 0 aliphatic carbocycles. The Kier molecular flexibility index (Phi) is 38.3. The number of carbonyl (C=O) groups is 1. The quantitative estimate of drug-likeness (QED) is 0.0366. The summed E-state index contributed by atoms with van der Waals surface area (Å²) in [6.07, 6.45) is 40.2. The van der Waals surface area contributed by atoms with Crippen molar-refractivity contribution in [3.63, 3.8) is 0 Å². The second kappa shape index (κ2) is 39.4. The van der Waals surface area contributed by atoms with E-state index in [4.69, 9.17) is 31.6 Å². The molecular formula is C59H125NO8Si5. The van der Waals surface area contributed by atoms with Crippen LogP contribution in [0.1, 0.15) is 206 Å². The van der Waals surface area contributed by atoms with Gasteiger partial charge in [0.1, 0.15) is 24.4 Å². The molecule has 14 heteroatoms. The Labute approximate surface area is 459 Å². The monoisotopic (exact) mass is 1120 g/mol. The van der Waals surface area contributed by atoms with Gasteiger partial charge < -0.3 is 36.9 Å². The highest BCUT2D eigenvalue weighted by atomic mass is 28.4. The van der Waals surface area contributed by atoms with E-state index in [-0.39, 0.29) is 24.7 Å². The second-order valence-electron chi connectivity index (χ2n) is 26.9. The Balaban J connectivity index is 3.24. The minimum atomic E-state index is -2.18. The molecule has 0 radical (unpaired) electrons. The first kappa shape index (κ1) is 71.0. The van der Waals surface area contributed by atoms with Gasteiger partial charge in [0.25, 0.3) is 0 Å². The highest BCUT2D eigenvalue weighted by Gasteiger charge is 2.52. The molecule has 0 saturated carbocycles. The fourth-order valence-electron chi connectivity index (χ4n) is 9.63. The van der Waals surface area contributed by atoms with Crippen LogP contribution in [0, 0.1) is 0 Å². The third kappa shape index (κ3) is 40.8. The van der Waals surface area contributed by atoms with Gasteiger partial charge in [0.05, 0.1) is 25.4 Å². The molecule has 434 valence electrons. The van der Waals surface area contributed by atoms with Gasteiger partial charge in [0.15, 0.2) is 47.9 Å². The van der Waals surface area contributed by atoms with Gasteiger partial charge in [-0.25, -0.2) is 0 Å². The van der Waals surface area contributed by atoms with Crippen LogP contribution in [0.5, 0.6) is 0 Å². The predicted octanol–water partition coefficient (Wildman–Crippen LogP) is 18.2. The molecule has 1 fully saturated rings. The van der Waals surface area contributed by atoms with Crippen molar-refractivity contribution < 1.29 is 36.4 Å². The molecule has 1 heterocycles. The zero-order valence-electron chi connectivity index (χ0n) is 51.6. The molecule has 0 spiro atoms. The van der Waals surface area contributed by atoms with E-state index < -0.39 is 72.2 Å². The van der Waals surface area contributed by atoms with E-state index in [2.05, 4.69) is 130 Å². The molecule has 73 heavy (non-hydrogen) atoms. The second-order valence-corrected chi connectivity index (χ2v) is 49.3. The van der Waals surface area contributed by atoms with Crippen molar-refractivity contribution in [1.82, 2.24) is 5.32 Å². The Morgan fingerprint density at radius 1 is 0.479 bits per heavy atom. The number of unbranched alkanes of at least 4 members (excludes halogenated alkanes) is 27. The first-order chi connectivity index (χ1) is 34.2. The van der Waals surface area contributed by atoms with Crippen LogP contribution in [0.2, 0.25) is 98.2 Å². The lowest BCUT2D eigenvalue weighted by Gasteiger charge is -2.51. The Hall–Kier alpha value is 0.0144. The minimum absolute atomic E-state index is 0.0573. The zero-order chi connectivity index (χ0) is 54.8. The van der Waals surface area contributed by atoms with Crippen molar-refractivity contribution >= 4 is 47.5 Å². The van der Waals surface area contributed by atoms with E-state index in [1.54, 1.807) is 0 Å². The van der Waals surface area contributed by atoms with E-state index in [0.29, 0.717) is 13.0 Å². The summed E-state index contributed by atoms with van der Waals surface area (Å²) >= 11 is 0. The van der Waals surface area contributed by atoms with Crippen LogP contribution in [0.25, 0.3) is 0 Å². The fourth-order valence-corrected chi connectivity index (χ4v) is 14.6. The van der Waals surface area contributed by atoms with Crippen LogP contribution >= 0.6 is 0 Å². The van der Waals surface area contributed by atoms with Crippen LogP contribution < -0.4 is 5.32 Å². The summed E-state index contributed by atoms with van der Waals surface area (Å²) in [6.45, 7) is 38.5. The summed E-state index contributed by atoms with van der Waals surface area (Å²) in [7, 11) is -10.4. The van der Waals surface area contributed by atoms with Gasteiger partial charge in [0, 0.05) is 6.42 Å². The van der Waals surface area contributed by atoms with E-state index in [0.717, 1.165) is 25.7 Å². The lowest BCUT2D eigenvalue weighted by Crippen LogP contribution is -2.66. The summed E-state index contributed by atoms with van der Waals surface area (Å²) in [5.41, 5.74) is 0. The fraction of sp³-hybridized carbons (Fsp3) is 0.949. The molecule has 9 nitrogen and oxygen atoms in total. The average molecular weight is 1120 g/mol. The van der Waals surface area contributed by atoms with Crippen LogP contribution in [-0.4, -0.2) is 104 Å². The van der Waals surface area contributed by atoms with E-state index >= 15 is 0 Å². The van der Waals surface area contributed by atoms with Crippen molar-refractivity contribution in [3.8, 4) is 0 Å². The Morgan fingerprint density at radius 2 is 0.863 bits per heavy atom. The zero-order valence-corrected chi connectivity index (χ0v) is 56.6. The van der Waals surface area contributed by atoms with Crippen molar-refractivity contribution in [2.24, 2.45) is 0 Å².